The average Bonchev–Trinajstić information content (AvgIpc) is 3.06. The van der Waals surface area contributed by atoms with Crippen LogP contribution in [0.5, 0.6) is 0 Å². The van der Waals surface area contributed by atoms with Crippen LogP contribution in [0.2, 0.25) is 0 Å². The van der Waals surface area contributed by atoms with Crippen molar-refractivity contribution < 1.29 is 4.79 Å². The lowest BCUT2D eigenvalue weighted by Crippen LogP contribution is -2.24. The van der Waals surface area contributed by atoms with Gasteiger partial charge in [-0.05, 0) is 12.5 Å². The molecule has 0 saturated carbocycles. The van der Waals surface area contributed by atoms with Gasteiger partial charge < -0.3 is 11.1 Å². The Hall–Kier alpha value is -1.31. The number of nitrogens with zero attached hydrogens (tertiary/aromatic N) is 2. The van der Waals surface area contributed by atoms with Gasteiger partial charge in [0.15, 0.2) is 0 Å². The van der Waals surface area contributed by atoms with Crippen molar-refractivity contribution in [1.29, 1.82) is 0 Å². The number of carbonyl (C=O) groups excluding carboxylic acids is 1. The van der Waals surface area contributed by atoms with E-state index in [0.717, 1.165) is 27.8 Å². The summed E-state index contributed by atoms with van der Waals surface area (Å²) in [5.41, 5.74) is 7.38. The lowest BCUT2D eigenvalue weighted by Gasteiger charge is -2.01. The highest BCUT2D eigenvalue weighted by molar-refractivity contribution is 7.09. The Balaban J connectivity index is 1.80. The maximum Gasteiger partial charge on any atom is 0.226 e. The largest absolute Gasteiger partial charge is 0.349 e. The lowest BCUT2D eigenvalue weighted by atomic mass is 10.2. The van der Waals surface area contributed by atoms with Gasteiger partial charge >= 0.3 is 0 Å². The highest BCUT2D eigenvalue weighted by atomic mass is 32.1. The van der Waals surface area contributed by atoms with Gasteiger partial charge in [-0.2, -0.15) is 0 Å². The summed E-state index contributed by atoms with van der Waals surface area (Å²) >= 11 is 3.14. The van der Waals surface area contributed by atoms with E-state index < -0.39 is 0 Å². The molecule has 114 valence electrons. The average molecular weight is 324 g/mol. The third kappa shape index (κ3) is 4.87. The molecular formula is C14H20N4OS2. The molecule has 21 heavy (non-hydrogen) atoms. The van der Waals surface area contributed by atoms with Crippen LogP contribution in [0.1, 0.15) is 41.2 Å². The van der Waals surface area contributed by atoms with Gasteiger partial charge in [0.1, 0.15) is 5.01 Å². The summed E-state index contributed by atoms with van der Waals surface area (Å²) in [6.07, 6.45) is 1.08. The van der Waals surface area contributed by atoms with E-state index in [1.807, 2.05) is 10.8 Å². The molecule has 0 aliphatic rings. The highest BCUT2D eigenvalue weighted by Gasteiger charge is 2.09. The normalized spacial score (nSPS) is 11.0. The van der Waals surface area contributed by atoms with Crippen LogP contribution in [0.15, 0.2) is 10.8 Å². The molecule has 2 aromatic heterocycles. The molecule has 0 saturated heterocycles. The summed E-state index contributed by atoms with van der Waals surface area (Å²) in [5.74, 6) is 0.391. The van der Waals surface area contributed by atoms with E-state index in [9.17, 15) is 4.79 Å². The second kappa shape index (κ2) is 7.63. The van der Waals surface area contributed by atoms with Crippen LogP contribution in [0.4, 0.5) is 0 Å². The predicted molar refractivity (Wildman–Crippen MR) is 86.6 cm³/mol. The first-order valence-electron chi connectivity index (χ1n) is 6.92. The predicted octanol–water partition coefficient (Wildman–Crippen LogP) is 2.08. The summed E-state index contributed by atoms with van der Waals surface area (Å²) in [6.45, 7) is 5.29. The number of hydrogen-bond donors (Lipinski definition) is 2. The Bertz CT molecular complexity index is 591. The third-order valence-electron chi connectivity index (χ3n) is 2.90. The van der Waals surface area contributed by atoms with Gasteiger partial charge in [-0.15, -0.1) is 22.7 Å². The van der Waals surface area contributed by atoms with Crippen LogP contribution in [0, 0.1) is 0 Å². The van der Waals surface area contributed by atoms with Crippen LogP contribution in [-0.2, 0) is 24.2 Å². The van der Waals surface area contributed by atoms with Gasteiger partial charge in [-0.1, -0.05) is 13.8 Å². The maximum atomic E-state index is 11.9. The minimum atomic E-state index is -0.0269. The second-order valence-electron chi connectivity index (χ2n) is 5.05. The third-order valence-corrected chi connectivity index (χ3v) is 4.72. The first-order chi connectivity index (χ1) is 10.1. The zero-order chi connectivity index (χ0) is 15.2. The monoisotopic (exact) mass is 324 g/mol. The van der Waals surface area contributed by atoms with Crippen molar-refractivity contribution in [2.75, 3.05) is 6.54 Å². The molecule has 0 fully saturated rings. The Morgan fingerprint density at radius 2 is 2.05 bits per heavy atom. The standard InChI is InChI=1S/C14H20N4OS2/c1-9(2)11-8-21-14(18-11)6-16-12(19)5-10-7-20-13(17-10)3-4-15/h7-9H,3-6,15H2,1-2H3,(H,16,19). The van der Waals surface area contributed by atoms with Crippen molar-refractivity contribution in [1.82, 2.24) is 15.3 Å². The van der Waals surface area contributed by atoms with Crippen molar-refractivity contribution in [3.8, 4) is 0 Å². The molecule has 2 rings (SSSR count). The van der Waals surface area contributed by atoms with Crippen LogP contribution in [-0.4, -0.2) is 22.4 Å². The zero-order valence-electron chi connectivity index (χ0n) is 12.3. The molecule has 0 aliphatic heterocycles. The van der Waals surface area contributed by atoms with Crippen LogP contribution >= 0.6 is 22.7 Å². The lowest BCUT2D eigenvalue weighted by molar-refractivity contribution is -0.120. The molecule has 3 N–H and O–H groups in total. The van der Waals surface area contributed by atoms with Crippen molar-refractivity contribution in [2.45, 2.75) is 39.2 Å². The smallest absolute Gasteiger partial charge is 0.226 e. The topological polar surface area (TPSA) is 80.9 Å². The molecule has 0 spiro atoms. The number of rotatable bonds is 7. The summed E-state index contributed by atoms with van der Waals surface area (Å²) in [5, 5.41) is 8.79. The molecule has 0 atom stereocenters. The molecule has 2 aromatic rings. The van der Waals surface area contributed by atoms with Gasteiger partial charge in [-0.3, -0.25) is 4.79 Å². The van der Waals surface area contributed by atoms with E-state index >= 15 is 0 Å². The first-order valence-corrected chi connectivity index (χ1v) is 8.68. The fourth-order valence-corrected chi connectivity index (χ4v) is 3.45. The summed E-state index contributed by atoms with van der Waals surface area (Å²) in [4.78, 5) is 20.8. The Morgan fingerprint density at radius 3 is 2.71 bits per heavy atom. The van der Waals surface area contributed by atoms with Gasteiger partial charge in [0, 0.05) is 17.2 Å². The van der Waals surface area contributed by atoms with Crippen molar-refractivity contribution in [2.24, 2.45) is 5.73 Å². The SMILES string of the molecule is CC(C)c1csc(CNC(=O)Cc2csc(CCN)n2)n1. The maximum absolute atomic E-state index is 11.9. The first kappa shape index (κ1) is 16.1. The van der Waals surface area contributed by atoms with E-state index in [2.05, 4.69) is 29.1 Å². The van der Waals surface area contributed by atoms with Gasteiger partial charge in [0.2, 0.25) is 5.91 Å². The number of thiazole rings is 2. The second-order valence-corrected chi connectivity index (χ2v) is 6.93. The minimum Gasteiger partial charge on any atom is -0.349 e. The van der Waals surface area contributed by atoms with E-state index in [0.29, 0.717) is 25.4 Å². The number of nitrogens with one attached hydrogen (secondary N) is 1. The number of amides is 1. The molecule has 0 aromatic carbocycles. The van der Waals surface area contributed by atoms with Crippen LogP contribution in [0.25, 0.3) is 0 Å². The Morgan fingerprint density at radius 1 is 1.29 bits per heavy atom. The zero-order valence-corrected chi connectivity index (χ0v) is 13.9. The fraction of sp³-hybridized carbons (Fsp3) is 0.500. The highest BCUT2D eigenvalue weighted by Crippen LogP contribution is 2.17. The van der Waals surface area contributed by atoms with Crippen molar-refractivity contribution in [3.05, 3.63) is 32.2 Å². The van der Waals surface area contributed by atoms with E-state index in [1.165, 1.54) is 0 Å². The molecule has 7 heteroatoms. The minimum absolute atomic E-state index is 0.0269. The molecule has 0 bridgehead atoms. The molecule has 0 aliphatic carbocycles. The molecule has 1 amide bonds. The van der Waals surface area contributed by atoms with Gasteiger partial charge in [-0.25, -0.2) is 9.97 Å². The van der Waals surface area contributed by atoms with Crippen molar-refractivity contribution in [3.63, 3.8) is 0 Å². The summed E-state index contributed by atoms with van der Waals surface area (Å²) in [7, 11) is 0. The van der Waals surface area contributed by atoms with E-state index in [-0.39, 0.29) is 5.91 Å². The number of nitrogens with two attached hydrogens (primary N) is 1. The molecule has 0 radical (unpaired) electrons. The van der Waals surface area contributed by atoms with Crippen LogP contribution in [0.3, 0.4) is 0 Å². The fourth-order valence-electron chi connectivity index (χ4n) is 1.74. The number of aromatic nitrogens is 2. The Kier molecular flexibility index (Phi) is 5.84. The van der Waals surface area contributed by atoms with E-state index in [4.69, 9.17) is 5.73 Å². The summed E-state index contributed by atoms with van der Waals surface area (Å²) in [6, 6.07) is 0. The molecule has 5 nitrogen and oxygen atoms in total. The summed E-state index contributed by atoms with van der Waals surface area (Å²) < 4.78 is 0. The number of carbonyl (C=O) groups is 1. The van der Waals surface area contributed by atoms with E-state index in [1.54, 1.807) is 22.7 Å². The molecular weight excluding hydrogens is 304 g/mol. The molecule has 2 heterocycles. The molecule has 0 unspecified atom stereocenters. The number of hydrogen-bond acceptors (Lipinski definition) is 6. The van der Waals surface area contributed by atoms with Gasteiger partial charge in [0.25, 0.3) is 0 Å². The Labute approximate surface area is 132 Å². The van der Waals surface area contributed by atoms with Crippen LogP contribution < -0.4 is 11.1 Å². The quantitative estimate of drug-likeness (QED) is 0.817. The van der Waals surface area contributed by atoms with Crippen molar-refractivity contribution >= 4 is 28.6 Å². The van der Waals surface area contributed by atoms with Gasteiger partial charge in [0.05, 0.1) is 29.4 Å².